The number of nitrogens with zero attached hydrogens (tertiary/aromatic N) is 1. The molecule has 1 nitrogen and oxygen atoms in total. The van der Waals surface area contributed by atoms with E-state index in [-0.39, 0.29) is 0 Å². The van der Waals surface area contributed by atoms with Crippen LogP contribution < -0.4 is 0 Å². The van der Waals surface area contributed by atoms with E-state index < -0.39 is 0 Å². The Morgan fingerprint density at radius 1 is 1.67 bits per heavy atom. The van der Waals surface area contributed by atoms with Gasteiger partial charge in [0.2, 0.25) is 0 Å². The molecule has 0 bridgehead atoms. The van der Waals surface area contributed by atoms with Crippen LogP contribution in [0.5, 0.6) is 0 Å². The minimum Gasteiger partial charge on any atom is -0.291 e. The Kier molecular flexibility index (Phi) is 2.07. The van der Waals surface area contributed by atoms with Crippen LogP contribution in [0.1, 0.15) is 20.3 Å². The molecule has 0 aromatic carbocycles. The van der Waals surface area contributed by atoms with Crippen molar-refractivity contribution >= 4 is 11.8 Å². The Morgan fingerprint density at radius 2 is 2.33 bits per heavy atom. The normalized spacial score (nSPS) is 37.7. The van der Waals surface area contributed by atoms with Crippen molar-refractivity contribution in [2.75, 3.05) is 19.3 Å². The molecule has 0 aromatic rings. The summed E-state index contributed by atoms with van der Waals surface area (Å²) in [6, 6.07) is 0. The number of hydrogen-bond acceptors (Lipinski definition) is 2. The average molecular weight is 145 g/mol. The minimum absolute atomic E-state index is 0.444. The van der Waals surface area contributed by atoms with Crippen LogP contribution in [0.2, 0.25) is 0 Å². The van der Waals surface area contributed by atoms with E-state index in [0.29, 0.717) is 4.87 Å². The molecule has 1 atom stereocenters. The van der Waals surface area contributed by atoms with E-state index in [1.165, 1.54) is 18.7 Å². The lowest BCUT2D eigenvalue weighted by Gasteiger charge is -2.29. The number of hydrogen-bond donors (Lipinski definition) is 0. The first-order chi connectivity index (χ1) is 4.19. The zero-order valence-corrected chi connectivity index (χ0v) is 7.29. The first-order valence-electron chi connectivity index (χ1n) is 3.54. The molecule has 0 saturated carbocycles. The zero-order valence-electron chi connectivity index (χ0n) is 6.48. The second-order valence-corrected chi connectivity index (χ2v) is 4.38. The van der Waals surface area contributed by atoms with Gasteiger partial charge >= 0.3 is 0 Å². The third kappa shape index (κ3) is 1.24. The van der Waals surface area contributed by atoms with Crippen molar-refractivity contribution in [2.45, 2.75) is 25.1 Å². The van der Waals surface area contributed by atoms with Gasteiger partial charge in [0, 0.05) is 12.3 Å². The molecule has 0 spiro atoms. The molecule has 1 unspecified atom stereocenters. The smallest absolute Gasteiger partial charge is 0.0637 e. The maximum atomic E-state index is 2.44. The van der Waals surface area contributed by atoms with Gasteiger partial charge in [-0.05, 0) is 20.4 Å². The van der Waals surface area contributed by atoms with Crippen molar-refractivity contribution in [3.8, 4) is 0 Å². The largest absolute Gasteiger partial charge is 0.291 e. The fraction of sp³-hybridized carbons (Fsp3) is 1.00. The Balaban J connectivity index is 2.56. The van der Waals surface area contributed by atoms with Gasteiger partial charge in [0.15, 0.2) is 0 Å². The summed E-state index contributed by atoms with van der Waals surface area (Å²) >= 11 is 2.08. The summed E-state index contributed by atoms with van der Waals surface area (Å²) in [4.78, 5) is 2.89. The molecule has 0 radical (unpaired) electrons. The van der Waals surface area contributed by atoms with E-state index in [0.717, 1.165) is 0 Å². The van der Waals surface area contributed by atoms with Crippen LogP contribution in [0, 0.1) is 0 Å². The van der Waals surface area contributed by atoms with Crippen molar-refractivity contribution in [1.29, 1.82) is 0 Å². The maximum absolute atomic E-state index is 2.44. The van der Waals surface area contributed by atoms with Gasteiger partial charge in [-0.1, -0.05) is 6.92 Å². The van der Waals surface area contributed by atoms with E-state index >= 15 is 0 Å². The molecule has 0 amide bonds. The van der Waals surface area contributed by atoms with Crippen LogP contribution in [0.3, 0.4) is 0 Å². The molecule has 1 aliphatic heterocycles. The third-order valence-electron chi connectivity index (χ3n) is 2.30. The lowest BCUT2D eigenvalue weighted by atomic mass is 10.2. The predicted molar refractivity (Wildman–Crippen MR) is 43.8 cm³/mol. The molecule has 9 heavy (non-hydrogen) atoms. The van der Waals surface area contributed by atoms with Gasteiger partial charge in [-0.25, -0.2) is 0 Å². The summed E-state index contributed by atoms with van der Waals surface area (Å²) in [6.07, 6.45) is 1.26. The maximum Gasteiger partial charge on any atom is 0.0637 e. The number of thioether (sulfide) groups is 1. The van der Waals surface area contributed by atoms with Crippen LogP contribution in [0.25, 0.3) is 0 Å². The molecule has 0 aliphatic carbocycles. The van der Waals surface area contributed by atoms with Crippen molar-refractivity contribution in [1.82, 2.24) is 4.90 Å². The Hall–Kier alpha value is 0.310. The molecule has 0 aromatic heterocycles. The van der Waals surface area contributed by atoms with E-state index in [1.54, 1.807) is 0 Å². The van der Waals surface area contributed by atoms with Gasteiger partial charge in [0.1, 0.15) is 0 Å². The predicted octanol–water partition coefficient (Wildman–Crippen LogP) is 1.79. The fourth-order valence-corrected chi connectivity index (χ4v) is 2.44. The van der Waals surface area contributed by atoms with Crippen LogP contribution in [-0.4, -0.2) is 29.1 Å². The molecule has 1 aliphatic rings. The first-order valence-corrected chi connectivity index (χ1v) is 4.53. The highest BCUT2D eigenvalue weighted by Gasteiger charge is 2.32. The summed E-state index contributed by atoms with van der Waals surface area (Å²) in [7, 11) is 2.21. The average Bonchev–Trinajstić information content (AvgIpc) is 2.15. The summed E-state index contributed by atoms with van der Waals surface area (Å²) in [5.41, 5.74) is 0. The van der Waals surface area contributed by atoms with Gasteiger partial charge in [-0.15, -0.1) is 11.8 Å². The summed E-state index contributed by atoms with van der Waals surface area (Å²) < 4.78 is 0. The monoisotopic (exact) mass is 145 g/mol. The SMILES string of the molecule is CCC1(C)SCCN1C. The van der Waals surface area contributed by atoms with Gasteiger partial charge in [-0.2, -0.15) is 0 Å². The van der Waals surface area contributed by atoms with Crippen LogP contribution in [0.15, 0.2) is 0 Å². The highest BCUT2D eigenvalue weighted by atomic mass is 32.2. The molecular formula is C7H15NS. The Morgan fingerprint density at radius 3 is 2.56 bits per heavy atom. The molecule has 0 N–H and O–H groups in total. The van der Waals surface area contributed by atoms with Gasteiger partial charge < -0.3 is 0 Å². The third-order valence-corrected chi connectivity index (χ3v) is 3.91. The van der Waals surface area contributed by atoms with Gasteiger partial charge in [0.25, 0.3) is 0 Å². The molecule has 1 fully saturated rings. The first kappa shape index (κ1) is 7.42. The van der Waals surface area contributed by atoms with Crippen LogP contribution in [0.4, 0.5) is 0 Å². The van der Waals surface area contributed by atoms with Crippen molar-refractivity contribution < 1.29 is 0 Å². The second kappa shape index (κ2) is 2.51. The van der Waals surface area contributed by atoms with E-state index in [2.05, 4.69) is 37.6 Å². The molecule has 1 saturated heterocycles. The highest BCUT2D eigenvalue weighted by molar-refractivity contribution is 8.00. The minimum atomic E-state index is 0.444. The van der Waals surface area contributed by atoms with Gasteiger partial charge in [0.05, 0.1) is 4.87 Å². The molecule has 1 rings (SSSR count). The van der Waals surface area contributed by atoms with E-state index in [1.807, 2.05) is 0 Å². The van der Waals surface area contributed by atoms with Gasteiger partial charge in [-0.3, -0.25) is 4.90 Å². The summed E-state index contributed by atoms with van der Waals surface area (Å²) in [5, 5.41) is 0. The lowest BCUT2D eigenvalue weighted by molar-refractivity contribution is 0.252. The molecule has 2 heteroatoms. The Labute approximate surface area is 61.8 Å². The van der Waals surface area contributed by atoms with E-state index in [9.17, 15) is 0 Å². The molecule has 1 heterocycles. The Bertz CT molecular complexity index is 105. The van der Waals surface area contributed by atoms with Crippen LogP contribution in [-0.2, 0) is 0 Å². The lowest BCUT2D eigenvalue weighted by Crippen LogP contribution is -2.34. The number of rotatable bonds is 1. The summed E-state index contributed by atoms with van der Waals surface area (Å²) in [5.74, 6) is 1.31. The molecule has 54 valence electrons. The molecular weight excluding hydrogens is 130 g/mol. The highest BCUT2D eigenvalue weighted by Crippen LogP contribution is 2.36. The van der Waals surface area contributed by atoms with Crippen molar-refractivity contribution in [3.63, 3.8) is 0 Å². The van der Waals surface area contributed by atoms with Crippen LogP contribution >= 0.6 is 11.8 Å². The second-order valence-electron chi connectivity index (χ2n) is 2.80. The van der Waals surface area contributed by atoms with Crippen molar-refractivity contribution in [3.05, 3.63) is 0 Å². The summed E-state index contributed by atoms with van der Waals surface area (Å²) in [6.45, 7) is 5.84. The standard InChI is InChI=1S/C7H15NS/c1-4-7(2)8(3)5-6-9-7/h4-6H2,1-3H3. The van der Waals surface area contributed by atoms with Crippen molar-refractivity contribution in [2.24, 2.45) is 0 Å². The fourth-order valence-electron chi connectivity index (χ4n) is 1.12. The topological polar surface area (TPSA) is 3.24 Å². The van der Waals surface area contributed by atoms with E-state index in [4.69, 9.17) is 0 Å². The quantitative estimate of drug-likeness (QED) is 0.553. The zero-order chi connectivity index (χ0) is 6.91.